The molecule has 0 spiro atoms. The molecule has 0 aromatic heterocycles. The molecular weight excluding hydrogens is 470 g/mol. The molecule has 0 heterocycles. The molecule has 0 amide bonds. The van der Waals surface area contributed by atoms with Gasteiger partial charge in [-0.3, -0.25) is 14.2 Å². The Labute approximate surface area is 204 Å². The van der Waals surface area contributed by atoms with Crippen LogP contribution in [0.3, 0.4) is 0 Å². The van der Waals surface area contributed by atoms with E-state index in [9.17, 15) is 14.2 Å². The van der Waals surface area contributed by atoms with Crippen LogP contribution in [0, 0.1) is 22.7 Å². The maximum atomic E-state index is 12.1. The zero-order valence-corrected chi connectivity index (χ0v) is 22.6. The Bertz CT molecular complexity index is 613. The average Bonchev–Trinajstić information content (AvgIpc) is 2.72. The van der Waals surface area contributed by atoms with E-state index >= 15 is 0 Å². The summed E-state index contributed by atoms with van der Waals surface area (Å²) in [6.45, 7) is 9.55. The van der Waals surface area contributed by atoms with E-state index in [2.05, 4.69) is 27.7 Å². The molecule has 2 fully saturated rings. The number of Topliss-reactive ketones (excluding diaryl/α,β-unsaturated/α-hetero) is 2. The lowest BCUT2D eigenvalue weighted by atomic mass is 9.68. The fourth-order valence-corrected chi connectivity index (χ4v) is 6.25. The number of halogens is 2. The molecule has 186 valence electrons. The zero-order valence-electron chi connectivity index (χ0n) is 20.1. The lowest BCUT2D eigenvalue weighted by Gasteiger charge is -2.37. The smallest absolute Gasteiger partial charge is 0.311 e. The molecule has 5 nitrogen and oxygen atoms in total. The number of alkyl halides is 2. The van der Waals surface area contributed by atoms with Crippen molar-refractivity contribution in [2.45, 2.75) is 103 Å². The van der Waals surface area contributed by atoms with Gasteiger partial charge in [-0.05, 0) is 74.0 Å². The van der Waals surface area contributed by atoms with Gasteiger partial charge in [0, 0.05) is 12.8 Å². The first kappa shape index (κ1) is 28.3. The van der Waals surface area contributed by atoms with Gasteiger partial charge in [-0.2, -0.15) is 0 Å². The van der Waals surface area contributed by atoms with E-state index in [0.29, 0.717) is 37.9 Å². The Balaban J connectivity index is 1.58. The fraction of sp³-hybridized carbons (Fsp3) is 0.917. The summed E-state index contributed by atoms with van der Waals surface area (Å²) in [5, 5.41) is -0.635. The van der Waals surface area contributed by atoms with Crippen LogP contribution in [0.25, 0.3) is 0 Å². The third-order valence-electron chi connectivity index (χ3n) is 7.71. The van der Waals surface area contributed by atoms with Crippen LogP contribution in [0.5, 0.6) is 0 Å². The van der Waals surface area contributed by atoms with E-state index in [0.717, 1.165) is 51.4 Å². The molecule has 0 aromatic carbocycles. The predicted molar refractivity (Wildman–Crippen MR) is 131 cm³/mol. The molecule has 2 saturated carbocycles. The van der Waals surface area contributed by atoms with Gasteiger partial charge in [0.2, 0.25) is 0 Å². The standard InChI is InChI=1S/C24H41Cl2O5P/c1-23(2,17-7-9-19(25)21(27)15-17)11-5-13-30-32(29)31-14-6-12-24(3,4)18-8-10-20(26)22(28)16-18/h17-20,32H,5-16H2,1-4H3. The Morgan fingerprint density at radius 1 is 0.781 bits per heavy atom. The van der Waals surface area contributed by atoms with Gasteiger partial charge in [0.1, 0.15) is 0 Å². The van der Waals surface area contributed by atoms with Gasteiger partial charge in [-0.15, -0.1) is 23.2 Å². The highest BCUT2D eigenvalue weighted by atomic mass is 35.5. The molecular formula is C24H41Cl2O5P. The minimum Gasteiger partial charge on any atom is -0.311 e. The molecule has 4 unspecified atom stereocenters. The third-order valence-corrected chi connectivity index (χ3v) is 9.51. The van der Waals surface area contributed by atoms with E-state index in [-0.39, 0.29) is 33.2 Å². The van der Waals surface area contributed by atoms with Gasteiger partial charge in [0.05, 0.1) is 24.0 Å². The molecule has 4 atom stereocenters. The van der Waals surface area contributed by atoms with Crippen molar-refractivity contribution in [3.05, 3.63) is 0 Å². The Kier molecular flexibility index (Phi) is 11.2. The van der Waals surface area contributed by atoms with E-state index < -0.39 is 8.25 Å². The highest BCUT2D eigenvalue weighted by molar-refractivity contribution is 7.33. The van der Waals surface area contributed by atoms with Gasteiger partial charge >= 0.3 is 8.25 Å². The van der Waals surface area contributed by atoms with Crippen molar-refractivity contribution in [3.8, 4) is 0 Å². The lowest BCUT2D eigenvalue weighted by Crippen LogP contribution is -2.34. The van der Waals surface area contributed by atoms with Gasteiger partial charge in [-0.25, -0.2) is 0 Å². The van der Waals surface area contributed by atoms with Crippen LogP contribution in [-0.2, 0) is 23.2 Å². The molecule has 0 N–H and O–H groups in total. The third kappa shape index (κ3) is 8.69. The summed E-state index contributed by atoms with van der Waals surface area (Å²) >= 11 is 12.1. The lowest BCUT2D eigenvalue weighted by molar-refractivity contribution is -0.123. The summed E-state index contributed by atoms with van der Waals surface area (Å²) in [6, 6.07) is 0. The number of hydrogen-bond acceptors (Lipinski definition) is 5. The highest BCUT2D eigenvalue weighted by Crippen LogP contribution is 2.43. The molecule has 0 bridgehead atoms. The van der Waals surface area contributed by atoms with E-state index in [1.54, 1.807) is 0 Å². The van der Waals surface area contributed by atoms with Gasteiger partial charge in [0.25, 0.3) is 0 Å². The van der Waals surface area contributed by atoms with Crippen LogP contribution in [0.15, 0.2) is 0 Å². The normalized spacial score (nSPS) is 28.7. The first-order valence-corrected chi connectivity index (χ1v) is 14.2. The first-order chi connectivity index (χ1) is 14.9. The van der Waals surface area contributed by atoms with E-state index in [1.165, 1.54) is 0 Å². The maximum absolute atomic E-state index is 12.1. The van der Waals surface area contributed by atoms with Crippen LogP contribution in [0.1, 0.15) is 91.9 Å². The molecule has 2 aliphatic carbocycles. The van der Waals surface area contributed by atoms with E-state index in [1.807, 2.05) is 0 Å². The predicted octanol–water partition coefficient (Wildman–Crippen LogP) is 6.98. The van der Waals surface area contributed by atoms with Crippen molar-refractivity contribution in [3.63, 3.8) is 0 Å². The quantitative estimate of drug-likeness (QED) is 0.161. The molecule has 2 aliphatic rings. The van der Waals surface area contributed by atoms with Crippen molar-refractivity contribution in [1.29, 1.82) is 0 Å². The molecule has 0 radical (unpaired) electrons. The molecule has 8 heteroatoms. The molecule has 0 aliphatic heterocycles. The van der Waals surface area contributed by atoms with Crippen molar-refractivity contribution in [2.75, 3.05) is 13.2 Å². The van der Waals surface area contributed by atoms with Crippen molar-refractivity contribution < 1.29 is 23.2 Å². The van der Waals surface area contributed by atoms with Crippen molar-refractivity contribution >= 4 is 43.0 Å². The minimum absolute atomic E-state index is 0.0300. The second-order valence-corrected chi connectivity index (χ2v) is 13.1. The maximum Gasteiger partial charge on any atom is 0.319 e. The molecule has 0 saturated heterocycles. The van der Waals surface area contributed by atoms with Crippen LogP contribution in [-0.4, -0.2) is 35.5 Å². The van der Waals surface area contributed by atoms with Gasteiger partial charge in [-0.1, -0.05) is 27.7 Å². The Morgan fingerprint density at radius 2 is 1.16 bits per heavy atom. The number of carbonyl (C=O) groups excluding carboxylic acids is 2. The zero-order chi connectivity index (χ0) is 23.9. The summed E-state index contributed by atoms with van der Waals surface area (Å²) in [5.74, 6) is 1.01. The monoisotopic (exact) mass is 510 g/mol. The summed E-state index contributed by atoms with van der Waals surface area (Å²) < 4.78 is 22.9. The summed E-state index contributed by atoms with van der Waals surface area (Å²) in [6.07, 6.45) is 7.96. The summed E-state index contributed by atoms with van der Waals surface area (Å²) in [7, 11) is -2.50. The van der Waals surface area contributed by atoms with Crippen LogP contribution in [0.2, 0.25) is 0 Å². The number of rotatable bonds is 12. The Morgan fingerprint density at radius 3 is 1.50 bits per heavy atom. The van der Waals surface area contributed by atoms with Crippen LogP contribution < -0.4 is 0 Å². The topological polar surface area (TPSA) is 69.7 Å². The highest BCUT2D eigenvalue weighted by Gasteiger charge is 2.37. The SMILES string of the molecule is CC(C)(CCCO[PH](=O)OCCCC(C)(C)C1CCC(Cl)C(=O)C1)C1CCC(Cl)C(=O)C1. The summed E-state index contributed by atoms with van der Waals surface area (Å²) in [4.78, 5) is 23.9. The molecule has 32 heavy (non-hydrogen) atoms. The van der Waals surface area contributed by atoms with Crippen molar-refractivity contribution in [2.24, 2.45) is 22.7 Å². The number of ketones is 2. The Hall–Kier alpha value is 0.0700. The average molecular weight is 511 g/mol. The second kappa shape index (κ2) is 12.7. The molecule has 0 aromatic rings. The van der Waals surface area contributed by atoms with Crippen molar-refractivity contribution in [1.82, 2.24) is 0 Å². The van der Waals surface area contributed by atoms with E-state index in [4.69, 9.17) is 32.2 Å². The fourth-order valence-electron chi connectivity index (χ4n) is 5.11. The van der Waals surface area contributed by atoms with Gasteiger partial charge in [0.15, 0.2) is 11.6 Å². The summed E-state index contributed by atoms with van der Waals surface area (Å²) in [5.41, 5.74) is 0.0600. The first-order valence-electron chi connectivity index (χ1n) is 12.1. The van der Waals surface area contributed by atoms with Gasteiger partial charge < -0.3 is 9.05 Å². The van der Waals surface area contributed by atoms with Crippen LogP contribution >= 0.6 is 31.5 Å². The number of carbonyl (C=O) groups is 2. The number of hydrogen-bond donors (Lipinski definition) is 0. The second-order valence-electron chi connectivity index (χ2n) is 11.0. The molecule has 2 rings (SSSR count). The minimum atomic E-state index is -2.50. The largest absolute Gasteiger partial charge is 0.319 e. The van der Waals surface area contributed by atoms with Crippen LogP contribution in [0.4, 0.5) is 0 Å².